The zero-order valence-corrected chi connectivity index (χ0v) is 15.5. The highest BCUT2D eigenvalue weighted by molar-refractivity contribution is 6.05. The molecule has 2 fully saturated rings. The van der Waals surface area contributed by atoms with Crippen LogP contribution in [0.5, 0.6) is 11.5 Å². The molecule has 7 heteroatoms. The largest absolute Gasteiger partial charge is 0.493 e. The normalized spacial score (nSPS) is 17.8. The summed E-state index contributed by atoms with van der Waals surface area (Å²) in [4.78, 5) is 27.5. The number of hydrogen-bond donors (Lipinski definition) is 2. The molecule has 2 aliphatic heterocycles. The minimum Gasteiger partial charge on any atom is -0.493 e. The van der Waals surface area contributed by atoms with Crippen LogP contribution in [-0.4, -0.2) is 57.1 Å². The molecule has 0 radical (unpaired) electrons. The minimum atomic E-state index is -0.0796. The zero-order valence-electron chi connectivity index (χ0n) is 15.5. The van der Waals surface area contributed by atoms with E-state index in [-0.39, 0.29) is 17.7 Å². The van der Waals surface area contributed by atoms with Gasteiger partial charge in [-0.15, -0.1) is 0 Å². The molecule has 0 aliphatic carbocycles. The van der Waals surface area contributed by atoms with Crippen molar-refractivity contribution in [2.24, 2.45) is 5.92 Å². The molecular weight excluding hydrogens is 334 g/mol. The Morgan fingerprint density at radius 2 is 1.69 bits per heavy atom. The summed E-state index contributed by atoms with van der Waals surface area (Å²) in [7, 11) is 3.08. The lowest BCUT2D eigenvalue weighted by atomic mass is 9.97. The van der Waals surface area contributed by atoms with Crippen LogP contribution < -0.4 is 20.1 Å². The molecule has 0 unspecified atom stereocenters. The third-order valence-corrected chi connectivity index (χ3v) is 5.12. The van der Waals surface area contributed by atoms with Crippen LogP contribution >= 0.6 is 0 Å². The molecule has 1 aromatic rings. The monoisotopic (exact) mass is 361 g/mol. The fourth-order valence-electron chi connectivity index (χ4n) is 3.57. The van der Waals surface area contributed by atoms with E-state index >= 15 is 0 Å². The van der Waals surface area contributed by atoms with Crippen molar-refractivity contribution in [2.45, 2.75) is 25.7 Å². The summed E-state index contributed by atoms with van der Waals surface area (Å²) in [6, 6.07) is 3.35. The van der Waals surface area contributed by atoms with Gasteiger partial charge in [0.25, 0.3) is 5.91 Å². The first-order valence-corrected chi connectivity index (χ1v) is 9.21. The first kappa shape index (κ1) is 18.5. The first-order chi connectivity index (χ1) is 12.6. The summed E-state index contributed by atoms with van der Waals surface area (Å²) in [5.74, 6) is 0.804. The van der Waals surface area contributed by atoms with Crippen molar-refractivity contribution < 1.29 is 19.1 Å². The Bertz CT molecular complexity index is 665. The number of piperidine rings is 1. The number of hydrogen-bond acceptors (Lipinski definition) is 5. The molecule has 0 spiro atoms. The average molecular weight is 361 g/mol. The average Bonchev–Trinajstić information content (AvgIpc) is 3.22. The fourth-order valence-corrected chi connectivity index (χ4v) is 3.57. The second-order valence-corrected chi connectivity index (χ2v) is 6.77. The number of nitrogens with zero attached hydrogens (tertiary/aromatic N) is 1. The number of anilines is 1. The lowest BCUT2D eigenvalue weighted by molar-refractivity contribution is -0.120. The smallest absolute Gasteiger partial charge is 0.256 e. The van der Waals surface area contributed by atoms with Crippen LogP contribution in [-0.2, 0) is 4.79 Å². The van der Waals surface area contributed by atoms with Gasteiger partial charge in [-0.2, -0.15) is 0 Å². The third-order valence-electron chi connectivity index (χ3n) is 5.12. The Morgan fingerprint density at radius 3 is 2.31 bits per heavy atom. The van der Waals surface area contributed by atoms with E-state index in [9.17, 15) is 9.59 Å². The van der Waals surface area contributed by atoms with Gasteiger partial charge >= 0.3 is 0 Å². The van der Waals surface area contributed by atoms with E-state index in [0.29, 0.717) is 22.7 Å². The molecular formula is C19H27N3O4. The Kier molecular flexibility index (Phi) is 5.98. The van der Waals surface area contributed by atoms with Gasteiger partial charge in [0.15, 0.2) is 11.5 Å². The fraction of sp³-hybridized carbons (Fsp3) is 0.579. The predicted octanol–water partition coefficient (Wildman–Crippen LogP) is 1.88. The van der Waals surface area contributed by atoms with E-state index < -0.39 is 0 Å². The molecule has 2 heterocycles. The Labute approximate surface area is 154 Å². The Morgan fingerprint density at radius 1 is 1.08 bits per heavy atom. The minimum absolute atomic E-state index is 0.0425. The molecule has 0 saturated carbocycles. The second kappa shape index (κ2) is 8.40. The van der Waals surface area contributed by atoms with E-state index in [1.54, 1.807) is 12.1 Å². The molecule has 26 heavy (non-hydrogen) atoms. The standard InChI is InChI=1S/C19H27N3O4/c1-25-16-11-14(19(24)22-9-3-4-10-22)15(12-17(16)26-2)21-18(23)13-5-7-20-8-6-13/h11-13,20H,3-10H2,1-2H3,(H,21,23). The molecule has 2 saturated heterocycles. The van der Waals surface area contributed by atoms with E-state index in [1.165, 1.54) is 14.2 Å². The topological polar surface area (TPSA) is 79.9 Å². The highest BCUT2D eigenvalue weighted by Gasteiger charge is 2.27. The number of rotatable bonds is 5. The summed E-state index contributed by atoms with van der Waals surface area (Å²) in [6.45, 7) is 3.16. The molecule has 2 amide bonds. The maximum atomic E-state index is 13.0. The van der Waals surface area contributed by atoms with E-state index in [1.807, 2.05) is 4.90 Å². The number of benzene rings is 1. The predicted molar refractivity (Wildman–Crippen MR) is 98.9 cm³/mol. The van der Waals surface area contributed by atoms with Gasteiger partial charge in [0.1, 0.15) is 0 Å². The second-order valence-electron chi connectivity index (χ2n) is 6.77. The van der Waals surface area contributed by atoms with Crippen molar-refractivity contribution in [2.75, 3.05) is 45.7 Å². The zero-order chi connectivity index (χ0) is 18.5. The molecule has 0 aromatic heterocycles. The Hall–Kier alpha value is -2.28. The van der Waals surface area contributed by atoms with Crippen LogP contribution in [0.4, 0.5) is 5.69 Å². The van der Waals surface area contributed by atoms with Crippen LogP contribution in [0.3, 0.4) is 0 Å². The lowest BCUT2D eigenvalue weighted by Crippen LogP contribution is -2.35. The number of nitrogens with one attached hydrogen (secondary N) is 2. The first-order valence-electron chi connectivity index (χ1n) is 9.21. The summed E-state index contributed by atoms with van der Waals surface area (Å²) in [5, 5.41) is 6.22. The van der Waals surface area contributed by atoms with Gasteiger partial charge in [0.05, 0.1) is 25.5 Å². The highest BCUT2D eigenvalue weighted by atomic mass is 16.5. The lowest BCUT2D eigenvalue weighted by Gasteiger charge is -2.24. The van der Waals surface area contributed by atoms with Crippen LogP contribution in [0.2, 0.25) is 0 Å². The molecule has 0 atom stereocenters. The van der Waals surface area contributed by atoms with Crippen LogP contribution in [0.15, 0.2) is 12.1 Å². The SMILES string of the molecule is COc1cc(NC(=O)C2CCNCC2)c(C(=O)N2CCCC2)cc1OC. The van der Waals surface area contributed by atoms with Crippen LogP contribution in [0.25, 0.3) is 0 Å². The quantitative estimate of drug-likeness (QED) is 0.837. The van der Waals surface area contributed by atoms with E-state index in [4.69, 9.17) is 9.47 Å². The van der Waals surface area contributed by atoms with E-state index in [0.717, 1.165) is 51.9 Å². The van der Waals surface area contributed by atoms with Gasteiger partial charge < -0.3 is 25.0 Å². The van der Waals surface area contributed by atoms with Gasteiger partial charge in [-0.3, -0.25) is 9.59 Å². The molecule has 1 aromatic carbocycles. The van der Waals surface area contributed by atoms with Crippen molar-refractivity contribution in [3.63, 3.8) is 0 Å². The van der Waals surface area contributed by atoms with Gasteiger partial charge in [-0.25, -0.2) is 0 Å². The highest BCUT2D eigenvalue weighted by Crippen LogP contribution is 2.35. The maximum Gasteiger partial charge on any atom is 0.256 e. The van der Waals surface area contributed by atoms with Crippen molar-refractivity contribution in [3.8, 4) is 11.5 Å². The summed E-state index contributed by atoms with van der Waals surface area (Å²) >= 11 is 0. The molecule has 142 valence electrons. The summed E-state index contributed by atoms with van der Waals surface area (Å²) in [6.07, 6.45) is 3.62. The van der Waals surface area contributed by atoms with Crippen LogP contribution in [0, 0.1) is 5.92 Å². The van der Waals surface area contributed by atoms with Gasteiger partial charge in [0, 0.05) is 25.1 Å². The number of carbonyl (C=O) groups is 2. The number of methoxy groups -OCH3 is 2. The van der Waals surface area contributed by atoms with Crippen molar-refractivity contribution in [1.29, 1.82) is 0 Å². The molecule has 2 aliphatic rings. The number of likely N-dealkylation sites (tertiary alicyclic amines) is 1. The third kappa shape index (κ3) is 3.93. The summed E-state index contributed by atoms with van der Waals surface area (Å²) < 4.78 is 10.7. The summed E-state index contributed by atoms with van der Waals surface area (Å²) in [5.41, 5.74) is 0.940. The number of ether oxygens (including phenoxy) is 2. The van der Waals surface area contributed by atoms with Gasteiger partial charge in [0.2, 0.25) is 5.91 Å². The molecule has 7 nitrogen and oxygen atoms in total. The maximum absolute atomic E-state index is 13.0. The van der Waals surface area contributed by atoms with Crippen molar-refractivity contribution in [3.05, 3.63) is 17.7 Å². The number of carbonyl (C=O) groups excluding carboxylic acids is 2. The van der Waals surface area contributed by atoms with E-state index in [2.05, 4.69) is 10.6 Å². The number of amides is 2. The van der Waals surface area contributed by atoms with Gasteiger partial charge in [-0.05, 0) is 44.8 Å². The molecule has 3 rings (SSSR count). The van der Waals surface area contributed by atoms with Crippen LogP contribution in [0.1, 0.15) is 36.0 Å². The molecule has 2 N–H and O–H groups in total. The van der Waals surface area contributed by atoms with Crippen molar-refractivity contribution >= 4 is 17.5 Å². The molecule has 0 bridgehead atoms. The Balaban J connectivity index is 1.89. The van der Waals surface area contributed by atoms with Gasteiger partial charge in [-0.1, -0.05) is 0 Å². The van der Waals surface area contributed by atoms with Crippen molar-refractivity contribution in [1.82, 2.24) is 10.2 Å².